The van der Waals surface area contributed by atoms with E-state index in [1.807, 2.05) is 0 Å². The van der Waals surface area contributed by atoms with Crippen molar-refractivity contribution in [1.82, 2.24) is 0 Å². The minimum atomic E-state index is -0.955. The van der Waals surface area contributed by atoms with E-state index < -0.39 is 262 Å². The molecule has 10 rings (SSSR count). The van der Waals surface area contributed by atoms with Gasteiger partial charge in [-0.05, 0) is 101 Å². The van der Waals surface area contributed by atoms with E-state index in [4.69, 9.17) is 26.3 Å². The first kappa shape index (κ1) is 11.0. The molecular formula is C46H28O. The van der Waals surface area contributed by atoms with Crippen molar-refractivity contribution in [3.63, 3.8) is 0 Å². The third-order valence-corrected chi connectivity index (χ3v) is 7.76. The molecule has 1 aromatic heterocycles. The second-order valence-corrected chi connectivity index (χ2v) is 10.3. The first-order valence-electron chi connectivity index (χ1n) is 27.5. The maximum absolute atomic E-state index is 9.82. The number of hydrogen-bond donors (Lipinski definition) is 0. The number of hydrogen-bond acceptors (Lipinski definition) is 1. The van der Waals surface area contributed by atoms with Crippen molar-refractivity contribution in [2.24, 2.45) is 0 Å². The van der Waals surface area contributed by atoms with E-state index in [1.54, 1.807) is 0 Å². The molecule has 47 heavy (non-hydrogen) atoms. The molecule has 0 unspecified atom stereocenters. The summed E-state index contributed by atoms with van der Waals surface area (Å²) >= 11 is 0. The van der Waals surface area contributed by atoms with Gasteiger partial charge in [0.15, 0.2) is 0 Å². The van der Waals surface area contributed by atoms with Crippen LogP contribution in [-0.4, -0.2) is 0 Å². The number of rotatable bonds is 3. The average Bonchev–Trinajstić information content (AvgIpc) is 3.78. The fourth-order valence-electron chi connectivity index (χ4n) is 5.73. The summed E-state index contributed by atoms with van der Waals surface area (Å²) in [4.78, 5) is 0. The molecule has 1 heteroatoms. The van der Waals surface area contributed by atoms with Crippen LogP contribution in [0.15, 0.2) is 174 Å². The summed E-state index contributed by atoms with van der Waals surface area (Å²) in [6.07, 6.45) is 0. The molecule has 0 saturated carbocycles. The fourth-order valence-corrected chi connectivity index (χ4v) is 5.73. The smallest absolute Gasteiger partial charge is 0.143 e. The van der Waals surface area contributed by atoms with Crippen LogP contribution in [0, 0.1) is 0 Å². The van der Waals surface area contributed by atoms with Crippen LogP contribution >= 0.6 is 0 Å². The molecule has 0 amide bonds. The summed E-state index contributed by atoms with van der Waals surface area (Å²) < 4.78 is 248. The van der Waals surface area contributed by atoms with Gasteiger partial charge in [-0.25, -0.2) is 0 Å². The SMILES string of the molecule is [2H]c1cc2c([2H])c(-c3c([2H])c([2H])c([2H])c([2H])c3[2H])c([2H])c([2H])c2c([2H])c1-c1c2c([2H])c([2H])c([2H])c([2H])c2c(-c2c([2H])c([2H])c3oc4c5c([2H])c([2H])c([2H])c([2H])c5c([2H])c([2H])c4c3c2[2H])c2c([2H])c([2H])c([2H])c([2H])c12. The van der Waals surface area contributed by atoms with Crippen LogP contribution in [0.1, 0.15) is 37.0 Å². The zero-order chi connectivity index (χ0) is 54.4. The van der Waals surface area contributed by atoms with Gasteiger partial charge < -0.3 is 4.42 Å². The molecule has 0 aliphatic heterocycles. The fraction of sp³-hybridized carbons (Fsp3) is 0. The molecule has 0 aliphatic carbocycles. The van der Waals surface area contributed by atoms with Crippen molar-refractivity contribution in [2.45, 2.75) is 0 Å². The first-order valence-corrected chi connectivity index (χ1v) is 14.0. The molecule has 0 fully saturated rings. The van der Waals surface area contributed by atoms with E-state index in [9.17, 15) is 15.1 Å². The van der Waals surface area contributed by atoms with E-state index in [-0.39, 0.29) is 0 Å². The van der Waals surface area contributed by atoms with E-state index in [1.165, 1.54) is 0 Å². The molecule has 218 valence electrons. The minimum Gasteiger partial charge on any atom is -0.455 e. The Morgan fingerprint density at radius 1 is 0.340 bits per heavy atom. The number of fused-ring (bicyclic) bond motifs is 8. The van der Waals surface area contributed by atoms with Crippen LogP contribution in [0.4, 0.5) is 0 Å². The highest BCUT2D eigenvalue weighted by Crippen LogP contribution is 2.45. The van der Waals surface area contributed by atoms with Crippen molar-refractivity contribution >= 4 is 65.0 Å². The molecule has 9 aromatic carbocycles. The molecule has 0 radical (unpaired) electrons. The summed E-state index contributed by atoms with van der Waals surface area (Å²) in [5.74, 6) is 0. The van der Waals surface area contributed by atoms with Gasteiger partial charge in [0.25, 0.3) is 0 Å². The molecule has 0 saturated heterocycles. The molecule has 1 nitrogen and oxygen atoms in total. The minimum absolute atomic E-state index is 0.400. The van der Waals surface area contributed by atoms with Gasteiger partial charge in [0.05, 0.1) is 37.0 Å². The Kier molecular flexibility index (Phi) is 2.37. The Labute approximate surface area is 309 Å². The lowest BCUT2D eigenvalue weighted by atomic mass is 9.85. The van der Waals surface area contributed by atoms with Crippen molar-refractivity contribution in [2.75, 3.05) is 0 Å². The van der Waals surface area contributed by atoms with Crippen LogP contribution in [0.2, 0.25) is 0 Å². The normalized spacial score (nSPS) is 19.9. The van der Waals surface area contributed by atoms with Gasteiger partial charge in [0.2, 0.25) is 0 Å². The van der Waals surface area contributed by atoms with E-state index >= 15 is 0 Å². The molecule has 0 aliphatic rings. The van der Waals surface area contributed by atoms with Gasteiger partial charge in [0.1, 0.15) is 11.2 Å². The predicted octanol–water partition coefficient (Wildman–Crippen LogP) is 13.2. The Balaban J connectivity index is 1.44. The lowest BCUT2D eigenvalue weighted by molar-refractivity contribution is 0.672. The van der Waals surface area contributed by atoms with Crippen LogP contribution < -0.4 is 0 Å². The molecule has 0 spiro atoms. The zero-order valence-electron chi connectivity index (χ0n) is 50.5. The topological polar surface area (TPSA) is 13.1 Å². The maximum atomic E-state index is 9.82. The number of benzene rings is 9. The zero-order valence-corrected chi connectivity index (χ0v) is 23.5. The first-order chi connectivity index (χ1) is 34.6. The Morgan fingerprint density at radius 3 is 1.64 bits per heavy atom. The Bertz CT molecular complexity index is 4280. The van der Waals surface area contributed by atoms with Crippen molar-refractivity contribution in [3.8, 4) is 33.4 Å². The summed E-state index contributed by atoms with van der Waals surface area (Å²) in [5.41, 5.74) is -4.98. The third-order valence-electron chi connectivity index (χ3n) is 7.76. The van der Waals surface area contributed by atoms with E-state index in [2.05, 4.69) is 0 Å². The van der Waals surface area contributed by atoms with Gasteiger partial charge in [-0.3, -0.25) is 0 Å². The second-order valence-electron chi connectivity index (χ2n) is 10.3. The van der Waals surface area contributed by atoms with E-state index in [0.29, 0.717) is 0 Å². The third kappa shape index (κ3) is 4.03. The van der Waals surface area contributed by atoms with Crippen molar-refractivity contribution in [1.29, 1.82) is 0 Å². The Hall–Kier alpha value is -6.18. The lowest BCUT2D eigenvalue weighted by Crippen LogP contribution is -1.91. The highest BCUT2D eigenvalue weighted by atomic mass is 16.3. The summed E-state index contributed by atoms with van der Waals surface area (Å²) in [5, 5.41) is -5.42. The van der Waals surface area contributed by atoms with Gasteiger partial charge in [-0.1, -0.05) is 139 Å². The summed E-state index contributed by atoms with van der Waals surface area (Å²) in [6, 6.07) is -21.9. The highest BCUT2D eigenvalue weighted by molar-refractivity contribution is 6.23. The van der Waals surface area contributed by atoms with Gasteiger partial charge in [-0.15, -0.1) is 0 Å². The monoisotopic (exact) mass is 623 g/mol. The van der Waals surface area contributed by atoms with Crippen molar-refractivity contribution in [3.05, 3.63) is 169 Å². The molecular weight excluding hydrogens is 569 g/mol. The highest BCUT2D eigenvalue weighted by Gasteiger charge is 2.18. The largest absolute Gasteiger partial charge is 0.455 e. The second kappa shape index (κ2) is 10.2. The van der Waals surface area contributed by atoms with Gasteiger partial charge in [0, 0.05) is 16.2 Å². The molecule has 0 N–H and O–H groups in total. The van der Waals surface area contributed by atoms with Crippen LogP contribution in [0.25, 0.3) is 98.4 Å². The van der Waals surface area contributed by atoms with Crippen molar-refractivity contribution < 1.29 is 41.4 Å². The molecule has 0 bridgehead atoms. The maximum Gasteiger partial charge on any atom is 0.143 e. The standard InChI is InChI=1S/C46H28O/c1-2-10-29(11-3-1)31-18-19-33-27-34(21-20-32(33)26-31)44-37-14-6-8-16-39(37)45(40-17-9-7-15-38(40)44)35-23-25-43-42(28-35)41-24-22-30-12-4-5-13-36(30)46(41)47-43/h1-28H/i1D,2D,3D,4D,5D,6D,7D,8D,9D,10D,11D,12D,13D,14D,15D,16D,17D,18D,19D,21D,22D,23D,24D,25D,26D,27D,28D. The van der Waals surface area contributed by atoms with Gasteiger partial charge >= 0.3 is 0 Å². The van der Waals surface area contributed by atoms with Gasteiger partial charge in [-0.2, -0.15) is 0 Å². The molecule has 1 heterocycles. The summed E-state index contributed by atoms with van der Waals surface area (Å²) in [6.45, 7) is 0. The van der Waals surface area contributed by atoms with Crippen LogP contribution in [0.5, 0.6) is 0 Å². The Morgan fingerprint density at radius 2 is 0.915 bits per heavy atom. The quantitative estimate of drug-likeness (QED) is 0.178. The molecule has 0 atom stereocenters. The average molecular weight is 624 g/mol. The predicted molar refractivity (Wildman–Crippen MR) is 200 cm³/mol. The molecule has 10 aromatic rings. The number of furan rings is 1. The van der Waals surface area contributed by atoms with Crippen LogP contribution in [0.3, 0.4) is 0 Å². The van der Waals surface area contributed by atoms with E-state index in [0.717, 1.165) is 6.07 Å². The summed E-state index contributed by atoms with van der Waals surface area (Å²) in [7, 11) is 0. The lowest BCUT2D eigenvalue weighted by Gasteiger charge is -2.18. The van der Waals surface area contributed by atoms with Crippen LogP contribution in [-0.2, 0) is 0 Å².